The minimum atomic E-state index is -0.0890. The first-order valence-corrected chi connectivity index (χ1v) is 4.89. The molecule has 15 heavy (non-hydrogen) atoms. The van der Waals surface area contributed by atoms with Gasteiger partial charge in [0.05, 0.1) is 11.7 Å². The lowest BCUT2D eigenvalue weighted by atomic mass is 10.1. The molecule has 0 spiro atoms. The maximum atomic E-state index is 5.94. The van der Waals surface area contributed by atoms with Crippen molar-refractivity contribution in [1.82, 2.24) is 9.97 Å². The first kappa shape index (κ1) is 9.80. The van der Waals surface area contributed by atoms with Crippen LogP contribution in [0.25, 0.3) is 11.0 Å². The van der Waals surface area contributed by atoms with Crippen molar-refractivity contribution in [1.29, 1.82) is 0 Å². The van der Waals surface area contributed by atoms with Crippen LogP contribution < -0.4 is 5.73 Å². The van der Waals surface area contributed by atoms with Crippen LogP contribution in [0.4, 0.5) is 0 Å². The van der Waals surface area contributed by atoms with E-state index in [4.69, 9.17) is 5.73 Å². The predicted molar refractivity (Wildman–Crippen MR) is 61.3 cm³/mol. The lowest BCUT2D eigenvalue weighted by molar-refractivity contribution is 0.717. The van der Waals surface area contributed by atoms with Gasteiger partial charge in [0.15, 0.2) is 5.65 Å². The predicted octanol–water partition coefficient (Wildman–Crippen LogP) is 2.21. The molecule has 0 unspecified atom stereocenters. The average molecular weight is 199 g/mol. The summed E-state index contributed by atoms with van der Waals surface area (Å²) in [6.07, 6.45) is 4.26. The Morgan fingerprint density at radius 3 is 3.07 bits per heavy atom. The van der Waals surface area contributed by atoms with Crippen LogP contribution >= 0.6 is 0 Å². The highest BCUT2D eigenvalue weighted by atomic mass is 14.9. The molecule has 0 fully saturated rings. The highest BCUT2D eigenvalue weighted by Gasteiger charge is 2.06. The Hall–Kier alpha value is -1.74. The van der Waals surface area contributed by atoms with Gasteiger partial charge in [-0.05, 0) is 30.7 Å². The molecule has 0 saturated carbocycles. The van der Waals surface area contributed by atoms with Gasteiger partial charge in [0, 0.05) is 11.6 Å². The summed E-state index contributed by atoms with van der Waals surface area (Å²) in [6, 6.07) is 7.73. The molecule has 0 aliphatic heterocycles. The zero-order chi connectivity index (χ0) is 10.7. The van der Waals surface area contributed by atoms with Gasteiger partial charge < -0.3 is 5.73 Å². The Bertz CT molecular complexity index is 479. The number of hydrogen-bond donors (Lipinski definition) is 1. The van der Waals surface area contributed by atoms with Crippen molar-refractivity contribution in [2.24, 2.45) is 5.73 Å². The smallest absolute Gasteiger partial charge is 0.159 e. The van der Waals surface area contributed by atoms with Gasteiger partial charge in [-0.2, -0.15) is 0 Å². The molecule has 2 aromatic rings. The first-order valence-electron chi connectivity index (χ1n) is 4.89. The minimum Gasteiger partial charge on any atom is -0.322 e. The highest BCUT2D eigenvalue weighted by Crippen LogP contribution is 2.15. The molecule has 3 nitrogen and oxygen atoms in total. The summed E-state index contributed by atoms with van der Waals surface area (Å²) in [5, 5.41) is 1.03. The molecule has 0 bridgehead atoms. The van der Waals surface area contributed by atoms with Gasteiger partial charge in [-0.3, -0.25) is 0 Å². The molecule has 2 N–H and O–H groups in total. The topological polar surface area (TPSA) is 51.8 Å². The molecule has 0 aromatic carbocycles. The quantitative estimate of drug-likeness (QED) is 0.771. The van der Waals surface area contributed by atoms with E-state index >= 15 is 0 Å². The second-order valence-corrected chi connectivity index (χ2v) is 3.42. The number of nitrogens with two attached hydrogens (primary N) is 1. The van der Waals surface area contributed by atoms with Crippen molar-refractivity contribution in [2.45, 2.75) is 12.5 Å². The molecule has 0 radical (unpaired) electrons. The first-order chi connectivity index (χ1) is 7.31. The van der Waals surface area contributed by atoms with Crippen LogP contribution in [0.5, 0.6) is 0 Å². The fraction of sp³-hybridized carbons (Fsp3) is 0.167. The highest BCUT2D eigenvalue weighted by molar-refractivity contribution is 5.74. The van der Waals surface area contributed by atoms with E-state index in [9.17, 15) is 0 Å². The number of nitrogens with zero attached hydrogens (tertiary/aromatic N) is 2. The summed E-state index contributed by atoms with van der Waals surface area (Å²) < 4.78 is 0. The van der Waals surface area contributed by atoms with E-state index in [1.807, 2.05) is 24.3 Å². The Balaban J connectivity index is 2.42. The number of fused-ring (bicyclic) bond motifs is 1. The molecular weight excluding hydrogens is 186 g/mol. The molecule has 0 aliphatic rings. The normalized spacial score (nSPS) is 12.6. The Labute approximate surface area is 88.7 Å². The summed E-state index contributed by atoms with van der Waals surface area (Å²) in [5.74, 6) is 0. The van der Waals surface area contributed by atoms with E-state index < -0.39 is 0 Å². The van der Waals surface area contributed by atoms with Gasteiger partial charge in [0.25, 0.3) is 0 Å². The zero-order valence-corrected chi connectivity index (χ0v) is 8.43. The maximum absolute atomic E-state index is 5.94. The van der Waals surface area contributed by atoms with E-state index in [-0.39, 0.29) is 6.04 Å². The third-order valence-electron chi connectivity index (χ3n) is 2.29. The number of pyridine rings is 2. The minimum absolute atomic E-state index is 0.0890. The van der Waals surface area contributed by atoms with Gasteiger partial charge in [-0.15, -0.1) is 6.58 Å². The van der Waals surface area contributed by atoms with Crippen molar-refractivity contribution in [2.75, 3.05) is 0 Å². The van der Waals surface area contributed by atoms with E-state index in [0.29, 0.717) is 0 Å². The van der Waals surface area contributed by atoms with Gasteiger partial charge in [-0.25, -0.2) is 9.97 Å². The summed E-state index contributed by atoms with van der Waals surface area (Å²) in [4.78, 5) is 8.60. The molecule has 0 saturated heterocycles. The third kappa shape index (κ3) is 2.02. The lowest BCUT2D eigenvalue weighted by Gasteiger charge is -2.08. The largest absolute Gasteiger partial charge is 0.322 e. The van der Waals surface area contributed by atoms with Gasteiger partial charge >= 0.3 is 0 Å². The van der Waals surface area contributed by atoms with Crippen LogP contribution in [0.15, 0.2) is 43.1 Å². The van der Waals surface area contributed by atoms with Crippen LogP contribution in [-0.4, -0.2) is 9.97 Å². The molecule has 2 heterocycles. The van der Waals surface area contributed by atoms with Gasteiger partial charge in [0.1, 0.15) is 0 Å². The van der Waals surface area contributed by atoms with E-state index in [2.05, 4.69) is 16.5 Å². The SMILES string of the molecule is C=CC[C@H](N)c1ccc2cccnc2n1. The van der Waals surface area contributed by atoms with Crippen LogP contribution in [-0.2, 0) is 0 Å². The van der Waals surface area contributed by atoms with Crippen molar-refractivity contribution < 1.29 is 0 Å². The standard InChI is InChI=1S/C12H13N3/c1-2-4-10(13)11-7-6-9-5-3-8-14-12(9)15-11/h2-3,5-8,10H,1,4,13H2/t10-/m0/s1. The van der Waals surface area contributed by atoms with Crippen LogP contribution in [0.2, 0.25) is 0 Å². The van der Waals surface area contributed by atoms with Gasteiger partial charge in [0.2, 0.25) is 0 Å². The summed E-state index contributed by atoms with van der Waals surface area (Å²) >= 11 is 0. The zero-order valence-electron chi connectivity index (χ0n) is 8.43. The molecule has 2 aromatic heterocycles. The molecule has 3 heteroatoms. The Morgan fingerprint density at radius 1 is 1.40 bits per heavy atom. The van der Waals surface area contributed by atoms with Crippen molar-refractivity contribution in [3.8, 4) is 0 Å². The number of hydrogen-bond acceptors (Lipinski definition) is 3. The summed E-state index contributed by atoms with van der Waals surface area (Å²) in [7, 11) is 0. The van der Waals surface area contributed by atoms with E-state index in [1.54, 1.807) is 12.3 Å². The molecular formula is C12H13N3. The number of aromatic nitrogens is 2. The summed E-state index contributed by atoms with van der Waals surface area (Å²) in [6.45, 7) is 3.67. The fourth-order valence-corrected chi connectivity index (χ4v) is 1.47. The Kier molecular flexibility index (Phi) is 2.74. The van der Waals surface area contributed by atoms with Crippen molar-refractivity contribution >= 4 is 11.0 Å². The molecule has 76 valence electrons. The van der Waals surface area contributed by atoms with Crippen LogP contribution in [0, 0.1) is 0 Å². The summed E-state index contributed by atoms with van der Waals surface area (Å²) in [5.41, 5.74) is 7.54. The molecule has 0 amide bonds. The van der Waals surface area contributed by atoms with Crippen LogP contribution in [0.1, 0.15) is 18.2 Å². The fourth-order valence-electron chi connectivity index (χ4n) is 1.47. The van der Waals surface area contributed by atoms with E-state index in [0.717, 1.165) is 23.1 Å². The van der Waals surface area contributed by atoms with Crippen molar-refractivity contribution in [3.05, 3.63) is 48.8 Å². The second kappa shape index (κ2) is 4.19. The molecule has 2 rings (SSSR count). The monoisotopic (exact) mass is 199 g/mol. The lowest BCUT2D eigenvalue weighted by Crippen LogP contribution is -2.10. The second-order valence-electron chi connectivity index (χ2n) is 3.42. The van der Waals surface area contributed by atoms with E-state index in [1.165, 1.54) is 0 Å². The van der Waals surface area contributed by atoms with Crippen LogP contribution in [0.3, 0.4) is 0 Å². The number of rotatable bonds is 3. The molecule has 0 aliphatic carbocycles. The maximum Gasteiger partial charge on any atom is 0.159 e. The molecule has 1 atom stereocenters. The average Bonchev–Trinajstić information content (AvgIpc) is 2.29. The Morgan fingerprint density at radius 2 is 2.27 bits per heavy atom. The third-order valence-corrected chi connectivity index (χ3v) is 2.29. The van der Waals surface area contributed by atoms with Crippen molar-refractivity contribution in [3.63, 3.8) is 0 Å². The van der Waals surface area contributed by atoms with Gasteiger partial charge in [-0.1, -0.05) is 6.08 Å².